The van der Waals surface area contributed by atoms with E-state index in [-0.39, 0.29) is 6.61 Å². The number of carbonyl (C=O) groups is 1. The van der Waals surface area contributed by atoms with Gasteiger partial charge in [0.1, 0.15) is 6.61 Å². The Bertz CT molecular complexity index is 658. The van der Waals surface area contributed by atoms with Crippen molar-refractivity contribution < 1.29 is 9.53 Å². The number of hydrogen-bond acceptors (Lipinski definition) is 3. The number of aryl methyl sites for hydroxylation is 1. The second-order valence-electron chi connectivity index (χ2n) is 4.38. The van der Waals surface area contributed by atoms with Crippen LogP contribution in [0, 0.1) is 6.92 Å². The number of halogens is 2. The van der Waals surface area contributed by atoms with Crippen molar-refractivity contribution >= 4 is 39.2 Å². The Hall–Kier alpha value is -1.52. The van der Waals surface area contributed by atoms with Crippen molar-refractivity contribution in [1.29, 1.82) is 0 Å². The molecule has 0 aliphatic heterocycles. The molecule has 0 radical (unpaired) electrons. The fourth-order valence-corrected chi connectivity index (χ4v) is 2.40. The zero-order valence-corrected chi connectivity index (χ0v) is 13.2. The first kappa shape index (κ1) is 14.9. The molecule has 0 unspecified atom stereocenters. The fraction of sp³-hybridized carbons (Fsp3) is 0.133. The molecular formula is C15H13BrClNO2. The molecule has 0 fully saturated rings. The molecule has 3 nitrogen and oxygen atoms in total. The van der Waals surface area contributed by atoms with Gasteiger partial charge < -0.3 is 10.5 Å². The summed E-state index contributed by atoms with van der Waals surface area (Å²) < 4.78 is 6.13. The predicted molar refractivity (Wildman–Crippen MR) is 83.9 cm³/mol. The third-order valence-electron chi connectivity index (χ3n) is 2.88. The molecule has 5 heteroatoms. The Morgan fingerprint density at radius 1 is 1.30 bits per heavy atom. The van der Waals surface area contributed by atoms with Crippen LogP contribution in [0.3, 0.4) is 0 Å². The number of nitrogens with two attached hydrogens (primary N) is 1. The quantitative estimate of drug-likeness (QED) is 0.658. The van der Waals surface area contributed by atoms with Crippen LogP contribution in [0.25, 0.3) is 0 Å². The Morgan fingerprint density at radius 2 is 2.05 bits per heavy atom. The molecule has 0 aliphatic carbocycles. The maximum absolute atomic E-state index is 11.9. The van der Waals surface area contributed by atoms with E-state index in [9.17, 15) is 4.79 Å². The lowest BCUT2D eigenvalue weighted by molar-refractivity contribution is 0.0473. The SMILES string of the molecule is Cc1cc(C(=O)OCc2ccc(Br)cc2Cl)ccc1N. The van der Waals surface area contributed by atoms with E-state index in [1.54, 1.807) is 24.3 Å². The van der Waals surface area contributed by atoms with Gasteiger partial charge in [-0.15, -0.1) is 0 Å². The molecule has 0 amide bonds. The molecular weight excluding hydrogens is 342 g/mol. The average Bonchev–Trinajstić information content (AvgIpc) is 2.40. The van der Waals surface area contributed by atoms with Crippen LogP contribution in [0.2, 0.25) is 5.02 Å². The van der Waals surface area contributed by atoms with E-state index in [4.69, 9.17) is 22.1 Å². The van der Waals surface area contributed by atoms with Gasteiger partial charge in [-0.3, -0.25) is 0 Å². The van der Waals surface area contributed by atoms with Crippen LogP contribution in [-0.4, -0.2) is 5.97 Å². The number of esters is 1. The fourth-order valence-electron chi connectivity index (χ4n) is 1.67. The van der Waals surface area contributed by atoms with Crippen LogP contribution in [0.5, 0.6) is 0 Å². The van der Waals surface area contributed by atoms with Gasteiger partial charge in [-0.1, -0.05) is 33.6 Å². The lowest BCUT2D eigenvalue weighted by atomic mass is 10.1. The molecule has 2 rings (SSSR count). The van der Waals surface area contributed by atoms with Crippen LogP contribution in [0.4, 0.5) is 5.69 Å². The summed E-state index contributed by atoms with van der Waals surface area (Å²) in [4.78, 5) is 11.9. The number of benzene rings is 2. The van der Waals surface area contributed by atoms with Crippen LogP contribution < -0.4 is 5.73 Å². The highest BCUT2D eigenvalue weighted by Crippen LogP contribution is 2.22. The van der Waals surface area contributed by atoms with E-state index in [0.717, 1.165) is 15.6 Å². The van der Waals surface area contributed by atoms with E-state index in [1.165, 1.54) is 0 Å². The minimum Gasteiger partial charge on any atom is -0.457 e. The predicted octanol–water partition coefficient (Wildman–Crippen LogP) is 4.35. The zero-order valence-electron chi connectivity index (χ0n) is 10.8. The molecule has 0 bridgehead atoms. The second kappa shape index (κ2) is 6.29. The number of rotatable bonds is 3. The molecule has 2 N–H and O–H groups in total. The summed E-state index contributed by atoms with van der Waals surface area (Å²) in [5.41, 5.74) is 8.45. The molecule has 0 aliphatic rings. The van der Waals surface area contributed by atoms with Gasteiger partial charge in [-0.05, 0) is 42.8 Å². The van der Waals surface area contributed by atoms with Crippen LogP contribution in [0.1, 0.15) is 21.5 Å². The Balaban J connectivity index is 2.06. The second-order valence-corrected chi connectivity index (χ2v) is 5.71. The van der Waals surface area contributed by atoms with Crippen molar-refractivity contribution in [3.63, 3.8) is 0 Å². The normalized spacial score (nSPS) is 10.3. The summed E-state index contributed by atoms with van der Waals surface area (Å²) in [6.07, 6.45) is 0. The monoisotopic (exact) mass is 353 g/mol. The Morgan fingerprint density at radius 3 is 2.70 bits per heavy atom. The van der Waals surface area contributed by atoms with Gasteiger partial charge >= 0.3 is 5.97 Å². The summed E-state index contributed by atoms with van der Waals surface area (Å²) >= 11 is 9.39. The summed E-state index contributed by atoms with van der Waals surface area (Å²) in [5, 5.41) is 0.556. The molecule has 0 aromatic heterocycles. The first-order valence-corrected chi connectivity index (χ1v) is 7.11. The van der Waals surface area contributed by atoms with Gasteiger partial charge in [-0.25, -0.2) is 4.79 Å². The van der Waals surface area contributed by atoms with Gasteiger partial charge in [0.15, 0.2) is 0 Å². The molecule has 0 saturated carbocycles. The van der Waals surface area contributed by atoms with Crippen molar-refractivity contribution in [1.82, 2.24) is 0 Å². The highest BCUT2D eigenvalue weighted by atomic mass is 79.9. The lowest BCUT2D eigenvalue weighted by Crippen LogP contribution is -2.06. The Labute approximate surface area is 130 Å². The summed E-state index contributed by atoms with van der Waals surface area (Å²) in [6, 6.07) is 10.5. The highest BCUT2D eigenvalue weighted by Gasteiger charge is 2.10. The summed E-state index contributed by atoms with van der Waals surface area (Å²) in [7, 11) is 0. The molecule has 2 aromatic carbocycles. The minimum absolute atomic E-state index is 0.133. The maximum Gasteiger partial charge on any atom is 0.338 e. The lowest BCUT2D eigenvalue weighted by Gasteiger charge is -2.08. The minimum atomic E-state index is -0.396. The summed E-state index contributed by atoms with van der Waals surface area (Å²) in [6.45, 7) is 1.98. The van der Waals surface area contributed by atoms with E-state index >= 15 is 0 Å². The molecule has 0 saturated heterocycles. The zero-order chi connectivity index (χ0) is 14.7. The molecule has 0 spiro atoms. The van der Waals surface area contributed by atoms with E-state index in [2.05, 4.69) is 15.9 Å². The number of anilines is 1. The smallest absolute Gasteiger partial charge is 0.338 e. The van der Waals surface area contributed by atoms with Crippen molar-refractivity contribution in [3.05, 3.63) is 62.6 Å². The number of nitrogen functional groups attached to an aromatic ring is 1. The Kier molecular flexibility index (Phi) is 4.68. The van der Waals surface area contributed by atoms with Crippen LogP contribution in [0.15, 0.2) is 40.9 Å². The van der Waals surface area contributed by atoms with E-state index < -0.39 is 5.97 Å². The maximum atomic E-state index is 11.9. The van der Waals surface area contributed by atoms with Gasteiger partial charge in [0.25, 0.3) is 0 Å². The van der Waals surface area contributed by atoms with Gasteiger partial charge in [-0.2, -0.15) is 0 Å². The topological polar surface area (TPSA) is 52.3 Å². The van der Waals surface area contributed by atoms with Crippen molar-refractivity contribution in [2.24, 2.45) is 0 Å². The third-order valence-corrected chi connectivity index (χ3v) is 3.72. The van der Waals surface area contributed by atoms with Crippen molar-refractivity contribution in [2.45, 2.75) is 13.5 Å². The van der Waals surface area contributed by atoms with E-state index in [0.29, 0.717) is 16.3 Å². The molecule has 2 aromatic rings. The summed E-state index contributed by atoms with van der Waals surface area (Å²) in [5.74, 6) is -0.396. The van der Waals surface area contributed by atoms with Gasteiger partial charge in [0.2, 0.25) is 0 Å². The van der Waals surface area contributed by atoms with E-state index in [1.807, 2.05) is 19.1 Å². The largest absolute Gasteiger partial charge is 0.457 e. The third kappa shape index (κ3) is 3.52. The van der Waals surface area contributed by atoms with Crippen molar-refractivity contribution in [3.8, 4) is 0 Å². The van der Waals surface area contributed by atoms with Crippen molar-refractivity contribution in [2.75, 3.05) is 5.73 Å². The van der Waals surface area contributed by atoms with Gasteiger partial charge in [0.05, 0.1) is 5.56 Å². The van der Waals surface area contributed by atoms with Gasteiger partial charge in [0, 0.05) is 20.7 Å². The highest BCUT2D eigenvalue weighted by molar-refractivity contribution is 9.10. The molecule has 20 heavy (non-hydrogen) atoms. The van der Waals surface area contributed by atoms with Crippen LogP contribution >= 0.6 is 27.5 Å². The number of carbonyl (C=O) groups excluding carboxylic acids is 1. The standard InChI is InChI=1S/C15H13BrClNO2/c1-9-6-10(3-5-14(9)18)15(19)20-8-11-2-4-12(16)7-13(11)17/h2-7H,8,18H2,1H3. The molecule has 0 atom stereocenters. The first-order valence-electron chi connectivity index (χ1n) is 5.94. The molecule has 104 valence electrons. The van der Waals surface area contributed by atoms with Crippen LogP contribution in [-0.2, 0) is 11.3 Å². The number of hydrogen-bond donors (Lipinski definition) is 1. The first-order chi connectivity index (χ1) is 9.47. The average molecular weight is 355 g/mol. The number of ether oxygens (including phenoxy) is 1. The molecule has 0 heterocycles.